The van der Waals surface area contributed by atoms with Crippen LogP contribution in [-0.2, 0) is 6.54 Å². The van der Waals surface area contributed by atoms with Crippen molar-refractivity contribution in [2.24, 2.45) is 0 Å². The van der Waals surface area contributed by atoms with Crippen LogP contribution in [0.3, 0.4) is 0 Å². The van der Waals surface area contributed by atoms with Gasteiger partial charge in [0, 0.05) is 29.4 Å². The van der Waals surface area contributed by atoms with Gasteiger partial charge in [-0.05, 0) is 42.8 Å². The van der Waals surface area contributed by atoms with Gasteiger partial charge in [0.1, 0.15) is 11.5 Å². The van der Waals surface area contributed by atoms with E-state index in [0.717, 1.165) is 40.3 Å². The van der Waals surface area contributed by atoms with Crippen LogP contribution in [0.1, 0.15) is 11.3 Å². The number of nitrogens with one attached hydrogen (secondary N) is 1. The molecule has 0 radical (unpaired) electrons. The normalized spacial score (nSPS) is 10.6. The number of nitrogens with zero attached hydrogens (tertiary/aromatic N) is 1. The van der Waals surface area contributed by atoms with Crippen molar-refractivity contribution in [2.75, 3.05) is 19.5 Å². The molecule has 3 rings (SSSR count). The number of hydrogen-bond donors (Lipinski definition) is 1. The van der Waals surface area contributed by atoms with Crippen molar-refractivity contribution >= 4 is 16.6 Å². The molecule has 4 heteroatoms. The molecule has 0 bridgehead atoms. The summed E-state index contributed by atoms with van der Waals surface area (Å²) in [6.07, 6.45) is 0. The van der Waals surface area contributed by atoms with Crippen LogP contribution in [-0.4, -0.2) is 19.2 Å². The van der Waals surface area contributed by atoms with E-state index in [9.17, 15) is 0 Å². The van der Waals surface area contributed by atoms with E-state index >= 15 is 0 Å². The van der Waals surface area contributed by atoms with Crippen molar-refractivity contribution < 1.29 is 9.47 Å². The Balaban J connectivity index is 1.86. The molecule has 118 valence electrons. The zero-order valence-electron chi connectivity index (χ0n) is 13.6. The monoisotopic (exact) mass is 308 g/mol. The molecule has 1 aromatic heterocycles. The second-order valence-electron chi connectivity index (χ2n) is 5.40. The minimum absolute atomic E-state index is 0.745. The summed E-state index contributed by atoms with van der Waals surface area (Å²) >= 11 is 0. The maximum atomic E-state index is 5.28. The third-order valence-electron chi connectivity index (χ3n) is 3.79. The van der Waals surface area contributed by atoms with Crippen molar-refractivity contribution in [3.63, 3.8) is 0 Å². The molecular formula is C19H20N2O2. The molecule has 0 spiro atoms. The lowest BCUT2D eigenvalue weighted by Gasteiger charge is -2.12. The highest BCUT2D eigenvalue weighted by atomic mass is 16.5. The van der Waals surface area contributed by atoms with E-state index in [-0.39, 0.29) is 0 Å². The molecule has 4 nitrogen and oxygen atoms in total. The van der Waals surface area contributed by atoms with Gasteiger partial charge in [-0.3, -0.25) is 4.98 Å². The van der Waals surface area contributed by atoms with E-state index in [1.807, 2.05) is 37.3 Å². The molecule has 2 aromatic carbocycles. The lowest BCUT2D eigenvalue weighted by molar-refractivity contribution is 0.414. The number of aryl methyl sites for hydroxylation is 1. The Labute approximate surface area is 136 Å². The zero-order chi connectivity index (χ0) is 16.2. The van der Waals surface area contributed by atoms with Gasteiger partial charge in [-0.25, -0.2) is 0 Å². The minimum atomic E-state index is 0.745. The highest BCUT2D eigenvalue weighted by Gasteiger charge is 2.06. The van der Waals surface area contributed by atoms with Crippen LogP contribution >= 0.6 is 0 Å². The predicted molar refractivity (Wildman–Crippen MR) is 93.4 cm³/mol. The van der Waals surface area contributed by atoms with Crippen molar-refractivity contribution in [1.82, 2.24) is 4.98 Å². The SMILES string of the molecule is COc1ccc(CNc2cc(C)nc3cc(OC)ccc23)cc1. The fourth-order valence-electron chi connectivity index (χ4n) is 2.55. The second kappa shape index (κ2) is 6.57. The fraction of sp³-hybridized carbons (Fsp3) is 0.211. The lowest BCUT2D eigenvalue weighted by atomic mass is 10.1. The average molecular weight is 308 g/mol. The Morgan fingerprint density at radius 2 is 1.61 bits per heavy atom. The molecule has 23 heavy (non-hydrogen) atoms. The van der Waals surface area contributed by atoms with Gasteiger partial charge < -0.3 is 14.8 Å². The smallest absolute Gasteiger partial charge is 0.121 e. The number of anilines is 1. The topological polar surface area (TPSA) is 43.4 Å². The highest BCUT2D eigenvalue weighted by Crippen LogP contribution is 2.27. The number of fused-ring (bicyclic) bond motifs is 1. The molecule has 0 saturated heterocycles. The molecule has 0 saturated carbocycles. The summed E-state index contributed by atoms with van der Waals surface area (Å²) in [6, 6.07) is 16.1. The molecule has 0 aliphatic rings. The van der Waals surface area contributed by atoms with Crippen LogP contribution in [0.4, 0.5) is 5.69 Å². The molecule has 0 amide bonds. The standard InChI is InChI=1S/C19H20N2O2/c1-13-10-18(17-9-8-16(23-3)11-19(17)21-13)20-12-14-4-6-15(22-2)7-5-14/h4-11H,12H2,1-3H3,(H,20,21). The van der Waals surface area contributed by atoms with Gasteiger partial charge in [-0.15, -0.1) is 0 Å². The van der Waals surface area contributed by atoms with Gasteiger partial charge in [0.25, 0.3) is 0 Å². The first-order valence-corrected chi connectivity index (χ1v) is 7.52. The van der Waals surface area contributed by atoms with Crippen LogP contribution in [0, 0.1) is 6.92 Å². The quantitative estimate of drug-likeness (QED) is 0.768. The number of rotatable bonds is 5. The fourth-order valence-corrected chi connectivity index (χ4v) is 2.55. The third kappa shape index (κ3) is 3.37. The summed E-state index contributed by atoms with van der Waals surface area (Å²) < 4.78 is 10.5. The first-order chi connectivity index (χ1) is 11.2. The van der Waals surface area contributed by atoms with Gasteiger partial charge >= 0.3 is 0 Å². The van der Waals surface area contributed by atoms with Crippen molar-refractivity contribution in [2.45, 2.75) is 13.5 Å². The molecule has 1 heterocycles. The van der Waals surface area contributed by atoms with Crippen LogP contribution in [0.15, 0.2) is 48.5 Å². The summed E-state index contributed by atoms with van der Waals surface area (Å²) in [5.74, 6) is 1.68. The summed E-state index contributed by atoms with van der Waals surface area (Å²) in [7, 11) is 3.34. The molecule has 1 N–H and O–H groups in total. The van der Waals surface area contributed by atoms with Gasteiger partial charge in [0.2, 0.25) is 0 Å². The largest absolute Gasteiger partial charge is 0.497 e. The summed E-state index contributed by atoms with van der Waals surface area (Å²) in [5.41, 5.74) is 4.18. The Morgan fingerprint density at radius 1 is 0.913 bits per heavy atom. The molecule has 0 atom stereocenters. The molecule has 0 unspecified atom stereocenters. The number of benzene rings is 2. The molecule has 0 aliphatic carbocycles. The average Bonchev–Trinajstić information content (AvgIpc) is 2.59. The van der Waals surface area contributed by atoms with Crippen molar-refractivity contribution in [3.8, 4) is 11.5 Å². The minimum Gasteiger partial charge on any atom is -0.497 e. The van der Waals surface area contributed by atoms with Gasteiger partial charge in [-0.2, -0.15) is 0 Å². The molecule has 3 aromatic rings. The summed E-state index contributed by atoms with van der Waals surface area (Å²) in [5, 5.41) is 4.59. The highest BCUT2D eigenvalue weighted by molar-refractivity contribution is 5.92. The zero-order valence-corrected chi connectivity index (χ0v) is 13.6. The van der Waals surface area contributed by atoms with Gasteiger partial charge in [0.05, 0.1) is 19.7 Å². The molecule has 0 fully saturated rings. The van der Waals surface area contributed by atoms with Gasteiger partial charge in [0.15, 0.2) is 0 Å². The first-order valence-electron chi connectivity index (χ1n) is 7.52. The summed E-state index contributed by atoms with van der Waals surface area (Å²) in [6.45, 7) is 2.74. The van der Waals surface area contributed by atoms with E-state index in [0.29, 0.717) is 0 Å². The van der Waals surface area contributed by atoms with E-state index in [2.05, 4.69) is 28.5 Å². The Morgan fingerprint density at radius 3 is 2.30 bits per heavy atom. The van der Waals surface area contributed by atoms with E-state index in [1.165, 1.54) is 5.56 Å². The number of methoxy groups -OCH3 is 2. The Hall–Kier alpha value is -2.75. The third-order valence-corrected chi connectivity index (χ3v) is 3.79. The predicted octanol–water partition coefficient (Wildman–Crippen LogP) is 4.17. The van der Waals surface area contributed by atoms with Gasteiger partial charge in [-0.1, -0.05) is 12.1 Å². The van der Waals surface area contributed by atoms with Crippen LogP contribution in [0.5, 0.6) is 11.5 Å². The van der Waals surface area contributed by atoms with E-state index in [4.69, 9.17) is 9.47 Å². The van der Waals surface area contributed by atoms with Crippen molar-refractivity contribution in [3.05, 3.63) is 59.8 Å². The number of ether oxygens (including phenoxy) is 2. The summed E-state index contributed by atoms with van der Waals surface area (Å²) in [4.78, 5) is 4.59. The lowest BCUT2D eigenvalue weighted by Crippen LogP contribution is -2.01. The Bertz CT molecular complexity index is 813. The maximum Gasteiger partial charge on any atom is 0.121 e. The first kappa shape index (κ1) is 15.2. The van der Waals surface area contributed by atoms with Crippen LogP contribution in [0.25, 0.3) is 10.9 Å². The number of pyridine rings is 1. The van der Waals surface area contributed by atoms with Crippen molar-refractivity contribution in [1.29, 1.82) is 0 Å². The van der Waals surface area contributed by atoms with Crippen LogP contribution in [0.2, 0.25) is 0 Å². The maximum absolute atomic E-state index is 5.28. The van der Waals surface area contributed by atoms with Crippen LogP contribution < -0.4 is 14.8 Å². The Kier molecular flexibility index (Phi) is 4.33. The van der Waals surface area contributed by atoms with E-state index < -0.39 is 0 Å². The number of aromatic nitrogens is 1. The second-order valence-corrected chi connectivity index (χ2v) is 5.40. The van der Waals surface area contributed by atoms with E-state index in [1.54, 1.807) is 14.2 Å². The molecular weight excluding hydrogens is 288 g/mol. The number of hydrogen-bond acceptors (Lipinski definition) is 4. The molecule has 0 aliphatic heterocycles.